The Morgan fingerprint density at radius 2 is 1.73 bits per heavy atom. The number of urea groups is 1. The number of benzene rings is 1. The van der Waals surface area contributed by atoms with E-state index in [1.807, 2.05) is 0 Å². The summed E-state index contributed by atoms with van der Waals surface area (Å²) >= 11 is 0. The second kappa shape index (κ2) is 16.7. The Kier molecular flexibility index (Phi) is 13.7. The zero-order valence-corrected chi connectivity index (χ0v) is 23.5. The van der Waals surface area contributed by atoms with Gasteiger partial charge in [0.1, 0.15) is 23.8 Å². The van der Waals surface area contributed by atoms with Crippen molar-refractivity contribution in [3.8, 4) is 0 Å². The number of halogens is 1. The van der Waals surface area contributed by atoms with Gasteiger partial charge in [-0.1, -0.05) is 43.2 Å². The first-order valence-electron chi connectivity index (χ1n) is 13.7. The van der Waals surface area contributed by atoms with Crippen LogP contribution in [0.2, 0.25) is 0 Å². The molecule has 0 aromatic heterocycles. The molecular weight excluding hydrogens is 538 g/mol. The van der Waals surface area contributed by atoms with Crippen LogP contribution >= 0.6 is 12.4 Å². The lowest BCUT2D eigenvalue weighted by Gasteiger charge is -2.32. The van der Waals surface area contributed by atoms with Gasteiger partial charge >= 0.3 is 12.0 Å². The summed E-state index contributed by atoms with van der Waals surface area (Å²) in [7, 11) is 0. The lowest BCUT2D eigenvalue weighted by atomic mass is 9.94. The number of carboxylic acids is 1. The number of hydrogen-bond acceptors (Lipinski definition) is 6. The number of carbonyl (C=O) groups excluding carboxylic acids is 3. The number of rotatable bonds is 11. The summed E-state index contributed by atoms with van der Waals surface area (Å²) in [6, 6.07) is 5.17. The molecule has 4 atom stereocenters. The van der Waals surface area contributed by atoms with E-state index in [0.717, 1.165) is 51.6 Å². The Morgan fingerprint density at radius 3 is 2.30 bits per heavy atom. The van der Waals surface area contributed by atoms with E-state index in [0.29, 0.717) is 25.2 Å². The monoisotopic (exact) mass is 579 g/mol. The fourth-order valence-corrected chi connectivity index (χ4v) is 5.09. The lowest BCUT2D eigenvalue weighted by Crippen LogP contribution is -2.61. The van der Waals surface area contributed by atoms with E-state index >= 15 is 0 Å². The van der Waals surface area contributed by atoms with Gasteiger partial charge in [0.2, 0.25) is 11.8 Å². The van der Waals surface area contributed by atoms with Crippen LogP contribution in [0.1, 0.15) is 44.1 Å². The second-order valence-corrected chi connectivity index (χ2v) is 10.3. The zero-order chi connectivity index (χ0) is 28.2. The van der Waals surface area contributed by atoms with E-state index < -0.39 is 47.7 Å². The zero-order valence-electron chi connectivity index (χ0n) is 22.7. The van der Waals surface area contributed by atoms with E-state index in [2.05, 4.69) is 21.3 Å². The number of amides is 4. The molecular formula is C27H42ClN7O5. The van der Waals surface area contributed by atoms with Gasteiger partial charge in [-0.25, -0.2) is 9.59 Å². The van der Waals surface area contributed by atoms with Gasteiger partial charge in [-0.15, -0.1) is 12.4 Å². The number of amidine groups is 1. The summed E-state index contributed by atoms with van der Waals surface area (Å²) in [5.74, 6) is -4.17. The number of nitrogens with zero attached hydrogens (tertiary/aromatic N) is 1. The Hall–Kier alpha value is -3.38. The van der Waals surface area contributed by atoms with Gasteiger partial charge < -0.3 is 37.0 Å². The van der Waals surface area contributed by atoms with Crippen molar-refractivity contribution in [1.29, 1.82) is 5.41 Å². The molecule has 13 heteroatoms. The molecule has 2 heterocycles. The van der Waals surface area contributed by atoms with Crippen molar-refractivity contribution in [2.24, 2.45) is 17.6 Å². The summed E-state index contributed by atoms with van der Waals surface area (Å²) in [6.45, 7) is 2.95. The minimum absolute atomic E-state index is 0. The molecule has 2 fully saturated rings. The summed E-state index contributed by atoms with van der Waals surface area (Å²) in [6.07, 6.45) is 5.46. The molecule has 2 aliphatic rings. The van der Waals surface area contributed by atoms with Crippen molar-refractivity contribution in [2.45, 2.75) is 57.0 Å². The first kappa shape index (κ1) is 32.8. The van der Waals surface area contributed by atoms with E-state index in [9.17, 15) is 24.3 Å². The molecule has 1 unspecified atom stereocenters. The predicted molar refractivity (Wildman–Crippen MR) is 153 cm³/mol. The molecule has 2 saturated heterocycles. The van der Waals surface area contributed by atoms with E-state index in [1.54, 1.807) is 35.2 Å². The Morgan fingerprint density at radius 1 is 1.05 bits per heavy atom. The number of carboxylic acid groups (broad SMARTS) is 1. The first-order chi connectivity index (χ1) is 18.8. The van der Waals surface area contributed by atoms with Crippen LogP contribution in [0.15, 0.2) is 30.3 Å². The van der Waals surface area contributed by atoms with Gasteiger partial charge in [0.05, 0.1) is 0 Å². The van der Waals surface area contributed by atoms with Gasteiger partial charge in [-0.3, -0.25) is 15.0 Å². The Balaban J connectivity index is 0.00000560. The van der Waals surface area contributed by atoms with Crippen LogP contribution in [0.25, 0.3) is 0 Å². The minimum Gasteiger partial charge on any atom is -0.480 e. The maximum absolute atomic E-state index is 13.7. The summed E-state index contributed by atoms with van der Waals surface area (Å²) < 4.78 is 0. The molecule has 0 bridgehead atoms. The van der Waals surface area contributed by atoms with Gasteiger partial charge in [0, 0.05) is 26.1 Å². The molecule has 3 rings (SSSR count). The molecule has 0 aliphatic carbocycles. The van der Waals surface area contributed by atoms with E-state index in [1.165, 1.54) is 0 Å². The third kappa shape index (κ3) is 9.98. The Bertz CT molecular complexity index is 998. The van der Waals surface area contributed by atoms with Crippen LogP contribution < -0.4 is 27.0 Å². The standard InChI is InChI=1S/C27H41N7O5.ClH/c28-23(29)21(24(35)31-17-19-11-8-12-30-16-19)22(25(36)34-13-6-1-2-7-14-34)33-27(39)32-20(26(37)38)15-18-9-4-3-5-10-18;/h3-5,9-10,19-22,30H,1-2,6-8,11-17H2,(H3,28,29)(H,31,35)(H,37,38)(H2,32,33,39);1H/t19?,20-,21+,22+;/m1./s1. The quantitative estimate of drug-likeness (QED) is 0.149. The molecule has 1 aromatic carbocycles. The van der Waals surface area contributed by atoms with Crippen LogP contribution in [0, 0.1) is 17.2 Å². The Labute approximate surface area is 241 Å². The van der Waals surface area contributed by atoms with Crippen LogP contribution in [0.4, 0.5) is 4.79 Å². The van der Waals surface area contributed by atoms with Crippen molar-refractivity contribution in [2.75, 3.05) is 32.7 Å². The summed E-state index contributed by atoms with van der Waals surface area (Å²) in [5.41, 5.74) is 6.56. The van der Waals surface area contributed by atoms with Crippen molar-refractivity contribution in [3.63, 3.8) is 0 Å². The molecule has 222 valence electrons. The molecule has 0 saturated carbocycles. The van der Waals surface area contributed by atoms with Crippen LogP contribution in [0.5, 0.6) is 0 Å². The number of nitrogens with one attached hydrogen (secondary N) is 5. The second-order valence-electron chi connectivity index (χ2n) is 10.3. The van der Waals surface area contributed by atoms with Crippen molar-refractivity contribution >= 4 is 42.1 Å². The van der Waals surface area contributed by atoms with Crippen LogP contribution in [0.3, 0.4) is 0 Å². The maximum Gasteiger partial charge on any atom is 0.326 e. The molecule has 40 heavy (non-hydrogen) atoms. The number of aliphatic carboxylic acids is 1. The first-order valence-corrected chi connectivity index (χ1v) is 13.7. The highest BCUT2D eigenvalue weighted by Gasteiger charge is 2.40. The normalized spacial score (nSPS) is 19.5. The molecule has 4 amide bonds. The molecule has 0 spiro atoms. The number of piperidine rings is 1. The van der Waals surface area contributed by atoms with E-state index in [-0.39, 0.29) is 24.7 Å². The van der Waals surface area contributed by atoms with Crippen molar-refractivity contribution in [3.05, 3.63) is 35.9 Å². The maximum atomic E-state index is 13.7. The summed E-state index contributed by atoms with van der Waals surface area (Å²) in [4.78, 5) is 53.5. The van der Waals surface area contributed by atoms with E-state index in [4.69, 9.17) is 11.1 Å². The number of likely N-dealkylation sites (tertiary alicyclic amines) is 1. The summed E-state index contributed by atoms with van der Waals surface area (Å²) in [5, 5.41) is 28.9. The largest absolute Gasteiger partial charge is 0.480 e. The lowest BCUT2D eigenvalue weighted by molar-refractivity contribution is -0.139. The topological polar surface area (TPSA) is 190 Å². The average molecular weight is 580 g/mol. The van der Waals surface area contributed by atoms with Crippen LogP contribution in [-0.4, -0.2) is 84.5 Å². The molecule has 8 N–H and O–H groups in total. The van der Waals surface area contributed by atoms with Gasteiger partial charge in [0.25, 0.3) is 0 Å². The fourth-order valence-electron chi connectivity index (χ4n) is 5.09. The smallest absolute Gasteiger partial charge is 0.326 e. The third-order valence-corrected chi connectivity index (χ3v) is 7.27. The highest BCUT2D eigenvalue weighted by atomic mass is 35.5. The number of carbonyl (C=O) groups is 4. The fraction of sp³-hybridized carbons (Fsp3) is 0.593. The molecule has 2 aliphatic heterocycles. The minimum atomic E-state index is -1.46. The van der Waals surface area contributed by atoms with Crippen molar-refractivity contribution in [1.82, 2.24) is 26.2 Å². The van der Waals surface area contributed by atoms with Gasteiger partial charge in [0.15, 0.2) is 0 Å². The SMILES string of the molecule is Cl.N=C(N)[C@@H](C(=O)NCC1CCCNC1)[C@H](NC(=O)N[C@H](Cc1ccccc1)C(=O)O)C(=O)N1CCCCCC1. The van der Waals surface area contributed by atoms with Gasteiger partial charge in [-0.05, 0) is 50.3 Å². The van der Waals surface area contributed by atoms with Crippen LogP contribution in [-0.2, 0) is 20.8 Å². The number of nitrogens with two attached hydrogens (primary N) is 1. The number of hydrogen-bond donors (Lipinski definition) is 7. The third-order valence-electron chi connectivity index (χ3n) is 7.27. The molecule has 1 aromatic rings. The highest BCUT2D eigenvalue weighted by Crippen LogP contribution is 2.16. The van der Waals surface area contributed by atoms with Crippen molar-refractivity contribution < 1.29 is 24.3 Å². The van der Waals surface area contributed by atoms with Gasteiger partial charge in [-0.2, -0.15) is 0 Å². The average Bonchev–Trinajstić information content (AvgIpc) is 3.21. The molecule has 12 nitrogen and oxygen atoms in total. The predicted octanol–water partition coefficient (Wildman–Crippen LogP) is 0.842. The highest BCUT2D eigenvalue weighted by molar-refractivity contribution is 6.07. The molecule has 0 radical (unpaired) electrons.